The zero-order valence-electron chi connectivity index (χ0n) is 10.8. The summed E-state index contributed by atoms with van der Waals surface area (Å²) in [5, 5.41) is 3.12. The number of carbonyl (C=O) groups excluding carboxylic acids is 1. The lowest BCUT2D eigenvalue weighted by molar-refractivity contribution is -0.122. The lowest BCUT2D eigenvalue weighted by atomic mass is 10.0. The van der Waals surface area contributed by atoms with E-state index in [9.17, 15) is 4.79 Å². The Morgan fingerprint density at radius 3 is 2.53 bits per heavy atom. The van der Waals surface area contributed by atoms with Crippen molar-refractivity contribution in [2.24, 2.45) is 5.73 Å². The van der Waals surface area contributed by atoms with Gasteiger partial charge in [0.15, 0.2) is 0 Å². The Bertz CT molecular complexity index is 257. The second kappa shape index (κ2) is 5.83. The molecule has 1 aliphatic heterocycles. The largest absolute Gasteiger partial charge is 0.353 e. The summed E-state index contributed by atoms with van der Waals surface area (Å²) >= 11 is 0. The summed E-state index contributed by atoms with van der Waals surface area (Å²) in [5.74, 6) is 0.129. The van der Waals surface area contributed by atoms with Crippen molar-refractivity contribution >= 4 is 5.91 Å². The van der Waals surface area contributed by atoms with Gasteiger partial charge in [-0.15, -0.1) is 0 Å². The number of hydrogen-bond donors (Lipinski definition) is 2. The van der Waals surface area contributed by atoms with Crippen LogP contribution in [0.15, 0.2) is 0 Å². The highest BCUT2D eigenvalue weighted by molar-refractivity contribution is 5.76. The van der Waals surface area contributed by atoms with E-state index < -0.39 is 0 Å². The predicted octanol–water partition coefficient (Wildman–Crippen LogP) is 0.857. The summed E-state index contributed by atoms with van der Waals surface area (Å²) in [6.45, 7) is 4.32. The first-order valence-corrected chi connectivity index (χ1v) is 6.98. The highest BCUT2D eigenvalue weighted by Crippen LogP contribution is 2.29. The van der Waals surface area contributed by atoms with Crippen LogP contribution < -0.4 is 11.1 Å². The van der Waals surface area contributed by atoms with E-state index in [1.807, 2.05) is 6.92 Å². The van der Waals surface area contributed by atoms with Crippen LogP contribution in [0.4, 0.5) is 0 Å². The molecular formula is C13H25N3O. The number of carbonyl (C=O) groups is 1. The Balaban J connectivity index is 1.64. The van der Waals surface area contributed by atoms with Crippen molar-refractivity contribution in [1.82, 2.24) is 10.2 Å². The van der Waals surface area contributed by atoms with E-state index in [-0.39, 0.29) is 11.9 Å². The van der Waals surface area contributed by atoms with Gasteiger partial charge >= 0.3 is 0 Å². The molecule has 17 heavy (non-hydrogen) atoms. The Hall–Kier alpha value is -0.610. The molecular weight excluding hydrogens is 214 g/mol. The van der Waals surface area contributed by atoms with E-state index in [1.165, 1.54) is 12.8 Å². The van der Waals surface area contributed by atoms with Gasteiger partial charge in [0.05, 0.1) is 0 Å². The van der Waals surface area contributed by atoms with Crippen LogP contribution in [-0.4, -0.2) is 42.0 Å². The first-order chi connectivity index (χ1) is 8.19. The Morgan fingerprint density at radius 1 is 1.35 bits per heavy atom. The quantitative estimate of drug-likeness (QED) is 0.748. The van der Waals surface area contributed by atoms with E-state index >= 15 is 0 Å². The van der Waals surface area contributed by atoms with Crippen molar-refractivity contribution in [1.29, 1.82) is 0 Å². The summed E-state index contributed by atoms with van der Waals surface area (Å²) in [5.41, 5.74) is 5.78. The number of nitrogens with two attached hydrogens (primary N) is 1. The van der Waals surface area contributed by atoms with Crippen LogP contribution >= 0.6 is 0 Å². The van der Waals surface area contributed by atoms with Gasteiger partial charge < -0.3 is 16.0 Å². The standard InChI is InChI=1S/C13H25N3O/c1-2-10(14)9-13(17)15-11-5-7-16(8-6-11)12-3-4-12/h10-12H,2-9,14H2,1H3,(H,15,17). The zero-order chi connectivity index (χ0) is 12.3. The number of nitrogens with one attached hydrogen (secondary N) is 1. The molecule has 4 heteroatoms. The van der Waals surface area contributed by atoms with E-state index in [1.54, 1.807) is 0 Å². The number of nitrogens with zero attached hydrogens (tertiary/aromatic N) is 1. The smallest absolute Gasteiger partial charge is 0.221 e. The van der Waals surface area contributed by atoms with E-state index in [4.69, 9.17) is 5.73 Å². The minimum Gasteiger partial charge on any atom is -0.353 e. The number of hydrogen-bond acceptors (Lipinski definition) is 3. The van der Waals surface area contributed by atoms with Crippen LogP contribution in [0.25, 0.3) is 0 Å². The fourth-order valence-electron chi connectivity index (χ4n) is 2.52. The average molecular weight is 239 g/mol. The molecule has 0 aromatic heterocycles. The fraction of sp³-hybridized carbons (Fsp3) is 0.923. The Kier molecular flexibility index (Phi) is 4.40. The third kappa shape index (κ3) is 3.96. The van der Waals surface area contributed by atoms with Gasteiger partial charge in [-0.1, -0.05) is 6.92 Å². The fourth-order valence-corrected chi connectivity index (χ4v) is 2.52. The molecule has 1 amide bonds. The van der Waals surface area contributed by atoms with E-state index in [2.05, 4.69) is 10.2 Å². The molecule has 3 N–H and O–H groups in total. The van der Waals surface area contributed by atoms with Crippen molar-refractivity contribution < 1.29 is 4.79 Å². The maximum Gasteiger partial charge on any atom is 0.221 e. The minimum absolute atomic E-state index is 0.0153. The number of rotatable bonds is 5. The third-order valence-corrected chi connectivity index (χ3v) is 3.93. The first kappa shape index (κ1) is 12.8. The lowest BCUT2D eigenvalue weighted by Crippen LogP contribution is -2.46. The summed E-state index contributed by atoms with van der Waals surface area (Å²) < 4.78 is 0. The minimum atomic E-state index is 0.0153. The topological polar surface area (TPSA) is 58.4 Å². The second-order valence-electron chi connectivity index (χ2n) is 5.48. The van der Waals surface area contributed by atoms with Gasteiger partial charge in [-0.25, -0.2) is 0 Å². The highest BCUT2D eigenvalue weighted by Gasteiger charge is 2.32. The molecule has 0 aromatic carbocycles. The van der Waals surface area contributed by atoms with Crippen LogP contribution in [0.3, 0.4) is 0 Å². The SMILES string of the molecule is CCC(N)CC(=O)NC1CCN(C2CC2)CC1. The van der Waals surface area contributed by atoms with Crippen LogP contribution in [0.5, 0.6) is 0 Å². The molecule has 2 rings (SSSR count). The van der Waals surface area contributed by atoms with Gasteiger partial charge in [0.1, 0.15) is 0 Å². The van der Waals surface area contributed by atoms with Crippen LogP contribution in [0.2, 0.25) is 0 Å². The van der Waals surface area contributed by atoms with E-state index in [0.717, 1.165) is 38.4 Å². The molecule has 0 radical (unpaired) electrons. The first-order valence-electron chi connectivity index (χ1n) is 6.98. The summed E-state index contributed by atoms with van der Waals surface area (Å²) in [6.07, 6.45) is 6.30. The molecule has 98 valence electrons. The molecule has 2 aliphatic rings. The third-order valence-electron chi connectivity index (χ3n) is 3.93. The zero-order valence-corrected chi connectivity index (χ0v) is 10.8. The monoisotopic (exact) mass is 239 g/mol. The predicted molar refractivity (Wildman–Crippen MR) is 68.6 cm³/mol. The molecule has 2 fully saturated rings. The average Bonchev–Trinajstić information content (AvgIpc) is 3.13. The molecule has 1 aliphatic carbocycles. The summed E-state index contributed by atoms with van der Waals surface area (Å²) in [4.78, 5) is 14.3. The Labute approximate surface area is 104 Å². The molecule has 0 aromatic rings. The van der Waals surface area contributed by atoms with Gasteiger partial charge in [0.2, 0.25) is 5.91 Å². The van der Waals surface area contributed by atoms with Crippen LogP contribution in [0, 0.1) is 0 Å². The van der Waals surface area contributed by atoms with Crippen molar-refractivity contribution in [3.8, 4) is 0 Å². The van der Waals surface area contributed by atoms with Crippen molar-refractivity contribution in [3.05, 3.63) is 0 Å². The summed E-state index contributed by atoms with van der Waals surface area (Å²) in [7, 11) is 0. The second-order valence-corrected chi connectivity index (χ2v) is 5.48. The number of amides is 1. The van der Waals surface area contributed by atoms with Gasteiger partial charge in [0, 0.05) is 37.6 Å². The van der Waals surface area contributed by atoms with Gasteiger partial charge in [-0.2, -0.15) is 0 Å². The maximum atomic E-state index is 11.7. The normalized spacial score (nSPS) is 24.6. The van der Waals surface area contributed by atoms with Gasteiger partial charge in [-0.3, -0.25) is 4.79 Å². The molecule has 0 spiro atoms. The molecule has 1 heterocycles. The molecule has 1 atom stereocenters. The molecule has 1 saturated carbocycles. The van der Waals surface area contributed by atoms with Crippen LogP contribution in [0.1, 0.15) is 45.4 Å². The highest BCUT2D eigenvalue weighted by atomic mass is 16.1. The van der Waals surface area contributed by atoms with Gasteiger partial charge in [0.25, 0.3) is 0 Å². The van der Waals surface area contributed by atoms with Crippen molar-refractivity contribution in [2.75, 3.05) is 13.1 Å². The van der Waals surface area contributed by atoms with Crippen molar-refractivity contribution in [3.63, 3.8) is 0 Å². The van der Waals surface area contributed by atoms with Gasteiger partial charge in [-0.05, 0) is 32.1 Å². The number of likely N-dealkylation sites (tertiary alicyclic amines) is 1. The molecule has 0 bridgehead atoms. The molecule has 1 unspecified atom stereocenters. The molecule has 1 saturated heterocycles. The number of piperidine rings is 1. The Morgan fingerprint density at radius 2 is 2.00 bits per heavy atom. The summed E-state index contributed by atoms with van der Waals surface area (Å²) in [6, 6.07) is 1.25. The molecule has 4 nitrogen and oxygen atoms in total. The van der Waals surface area contributed by atoms with Crippen molar-refractivity contribution in [2.45, 2.75) is 63.6 Å². The lowest BCUT2D eigenvalue weighted by Gasteiger charge is -2.32. The maximum absolute atomic E-state index is 11.7. The van der Waals surface area contributed by atoms with E-state index in [0.29, 0.717) is 12.5 Å². The van der Waals surface area contributed by atoms with Crippen LogP contribution in [-0.2, 0) is 4.79 Å².